The zero-order valence-corrected chi connectivity index (χ0v) is 14.9. The first kappa shape index (κ1) is 18.0. The zero-order valence-electron chi connectivity index (χ0n) is 14.9. The van der Waals surface area contributed by atoms with E-state index < -0.39 is 17.3 Å². The Labute approximate surface area is 155 Å². The molecule has 4 rings (SSSR count). The SMILES string of the molecule is CN1CC[C@@]2(CC[C@@H](c3cc(-c4ccc(C(F)(F)F)cc4)ccn3)N2)C1=O. The molecule has 7 heteroatoms. The van der Waals surface area contributed by atoms with Gasteiger partial charge in [0.15, 0.2) is 0 Å². The van der Waals surface area contributed by atoms with E-state index in [9.17, 15) is 18.0 Å². The standard InChI is InChI=1S/C20H20F3N3O/c1-26-11-9-19(18(26)27)8-6-16(25-19)17-12-14(7-10-24-17)13-2-4-15(5-3-13)20(21,22)23/h2-5,7,10,12,16,25H,6,8-9,11H2,1H3/t16-,19-/m0/s1. The van der Waals surface area contributed by atoms with Gasteiger partial charge in [-0.1, -0.05) is 12.1 Å². The van der Waals surface area contributed by atoms with Crippen LogP contribution in [0.3, 0.4) is 0 Å². The third kappa shape index (κ3) is 3.20. The van der Waals surface area contributed by atoms with Crippen LogP contribution in [0, 0.1) is 0 Å². The van der Waals surface area contributed by atoms with Crippen LogP contribution in [-0.4, -0.2) is 34.9 Å². The van der Waals surface area contributed by atoms with Crippen LogP contribution in [-0.2, 0) is 11.0 Å². The Kier molecular flexibility index (Phi) is 4.22. The highest BCUT2D eigenvalue weighted by atomic mass is 19.4. The minimum atomic E-state index is -4.34. The smallest absolute Gasteiger partial charge is 0.344 e. The Hall–Kier alpha value is -2.41. The first-order valence-corrected chi connectivity index (χ1v) is 8.95. The van der Waals surface area contributed by atoms with E-state index in [0.29, 0.717) is 5.56 Å². The lowest BCUT2D eigenvalue weighted by Crippen LogP contribution is -2.47. The van der Waals surface area contributed by atoms with Crippen LogP contribution in [0.25, 0.3) is 11.1 Å². The summed E-state index contributed by atoms with van der Waals surface area (Å²) in [5, 5.41) is 3.47. The maximum atomic E-state index is 12.7. The van der Waals surface area contributed by atoms with Crippen molar-refractivity contribution in [2.24, 2.45) is 0 Å². The number of carbonyl (C=O) groups excluding carboxylic acids is 1. The monoisotopic (exact) mass is 375 g/mol. The molecule has 0 aliphatic carbocycles. The van der Waals surface area contributed by atoms with Crippen molar-refractivity contribution in [1.82, 2.24) is 15.2 Å². The average molecular weight is 375 g/mol. The van der Waals surface area contributed by atoms with Gasteiger partial charge in [-0.05, 0) is 54.7 Å². The van der Waals surface area contributed by atoms with Crippen LogP contribution < -0.4 is 5.32 Å². The maximum Gasteiger partial charge on any atom is 0.416 e. The molecule has 1 aromatic heterocycles. The predicted molar refractivity (Wildman–Crippen MR) is 94.8 cm³/mol. The quantitative estimate of drug-likeness (QED) is 0.869. The van der Waals surface area contributed by atoms with Gasteiger partial charge in [0.1, 0.15) is 5.54 Å². The van der Waals surface area contributed by atoms with Gasteiger partial charge in [-0.25, -0.2) is 0 Å². The Balaban J connectivity index is 1.56. The molecule has 1 amide bonds. The van der Waals surface area contributed by atoms with Gasteiger partial charge >= 0.3 is 6.18 Å². The molecule has 4 nitrogen and oxygen atoms in total. The summed E-state index contributed by atoms with van der Waals surface area (Å²) in [7, 11) is 1.82. The van der Waals surface area contributed by atoms with Crippen LogP contribution in [0.2, 0.25) is 0 Å². The zero-order chi connectivity index (χ0) is 19.2. The Morgan fingerprint density at radius 1 is 1.15 bits per heavy atom. The molecule has 142 valence electrons. The van der Waals surface area contributed by atoms with Gasteiger partial charge in [-0.2, -0.15) is 13.2 Å². The lowest BCUT2D eigenvalue weighted by atomic mass is 9.96. The number of halogens is 3. The summed E-state index contributed by atoms with van der Waals surface area (Å²) >= 11 is 0. The van der Waals surface area contributed by atoms with E-state index in [2.05, 4.69) is 10.3 Å². The van der Waals surface area contributed by atoms with Gasteiger partial charge in [0.2, 0.25) is 5.91 Å². The highest BCUT2D eigenvalue weighted by Crippen LogP contribution is 2.39. The molecule has 2 aliphatic rings. The first-order valence-electron chi connectivity index (χ1n) is 8.95. The molecule has 27 heavy (non-hydrogen) atoms. The molecule has 1 N–H and O–H groups in total. The summed E-state index contributed by atoms with van der Waals surface area (Å²) in [5.41, 5.74) is 1.17. The number of nitrogens with zero attached hydrogens (tertiary/aromatic N) is 2. The topological polar surface area (TPSA) is 45.2 Å². The number of aromatic nitrogens is 1. The number of hydrogen-bond donors (Lipinski definition) is 1. The number of pyridine rings is 1. The van der Waals surface area contributed by atoms with Crippen molar-refractivity contribution in [2.45, 2.75) is 37.0 Å². The lowest BCUT2D eigenvalue weighted by molar-refractivity contribution is -0.137. The van der Waals surface area contributed by atoms with E-state index in [-0.39, 0.29) is 11.9 Å². The van der Waals surface area contributed by atoms with Crippen molar-refractivity contribution < 1.29 is 18.0 Å². The molecule has 2 fully saturated rings. The Bertz CT molecular complexity index is 866. The third-order valence-electron chi connectivity index (χ3n) is 5.62. The molecule has 1 spiro atoms. The summed E-state index contributed by atoms with van der Waals surface area (Å²) in [6, 6.07) is 8.77. The van der Waals surface area contributed by atoms with Crippen molar-refractivity contribution in [2.75, 3.05) is 13.6 Å². The normalized spacial score (nSPS) is 25.6. The van der Waals surface area contributed by atoms with Gasteiger partial charge in [0.05, 0.1) is 17.3 Å². The van der Waals surface area contributed by atoms with Gasteiger partial charge < -0.3 is 4.90 Å². The van der Waals surface area contributed by atoms with E-state index in [1.165, 1.54) is 12.1 Å². The molecular formula is C20H20F3N3O. The lowest BCUT2D eigenvalue weighted by Gasteiger charge is -2.23. The van der Waals surface area contributed by atoms with Crippen LogP contribution in [0.1, 0.15) is 36.6 Å². The minimum absolute atomic E-state index is 0.0325. The summed E-state index contributed by atoms with van der Waals surface area (Å²) in [4.78, 5) is 18.6. The first-order chi connectivity index (χ1) is 12.8. The second-order valence-electron chi connectivity index (χ2n) is 7.34. The third-order valence-corrected chi connectivity index (χ3v) is 5.62. The van der Waals surface area contributed by atoms with E-state index in [1.807, 2.05) is 13.1 Å². The molecule has 2 aromatic rings. The maximum absolute atomic E-state index is 12.7. The molecule has 0 radical (unpaired) electrons. The van der Waals surface area contributed by atoms with Gasteiger partial charge in [0, 0.05) is 19.8 Å². The van der Waals surface area contributed by atoms with Crippen molar-refractivity contribution in [3.8, 4) is 11.1 Å². The highest BCUT2D eigenvalue weighted by Gasteiger charge is 2.50. The molecule has 0 bridgehead atoms. The number of carbonyl (C=O) groups is 1. The molecule has 0 unspecified atom stereocenters. The Morgan fingerprint density at radius 3 is 2.52 bits per heavy atom. The van der Waals surface area contributed by atoms with Crippen molar-refractivity contribution in [1.29, 1.82) is 0 Å². The number of benzene rings is 1. The van der Waals surface area contributed by atoms with E-state index in [4.69, 9.17) is 0 Å². The molecule has 2 atom stereocenters. The van der Waals surface area contributed by atoms with Gasteiger partial charge in [-0.3, -0.25) is 15.1 Å². The summed E-state index contributed by atoms with van der Waals surface area (Å²) in [6.45, 7) is 0.748. The van der Waals surface area contributed by atoms with Gasteiger partial charge in [-0.15, -0.1) is 0 Å². The summed E-state index contributed by atoms with van der Waals surface area (Å²) in [5.74, 6) is 0.129. The molecular weight excluding hydrogens is 355 g/mol. The van der Waals surface area contributed by atoms with Crippen LogP contribution in [0.4, 0.5) is 13.2 Å². The number of likely N-dealkylation sites (tertiary alicyclic amines) is 1. The molecule has 2 aliphatic heterocycles. The van der Waals surface area contributed by atoms with Crippen LogP contribution in [0.15, 0.2) is 42.6 Å². The number of likely N-dealkylation sites (N-methyl/N-ethyl adjacent to an activating group) is 1. The summed E-state index contributed by atoms with van der Waals surface area (Å²) < 4.78 is 38.2. The number of nitrogens with one attached hydrogen (secondary N) is 1. The minimum Gasteiger partial charge on any atom is -0.344 e. The second-order valence-corrected chi connectivity index (χ2v) is 7.34. The van der Waals surface area contributed by atoms with E-state index >= 15 is 0 Å². The van der Waals surface area contributed by atoms with Gasteiger partial charge in [0.25, 0.3) is 0 Å². The Morgan fingerprint density at radius 2 is 1.89 bits per heavy atom. The second kappa shape index (κ2) is 6.34. The van der Waals surface area contributed by atoms with E-state index in [1.54, 1.807) is 17.2 Å². The van der Waals surface area contributed by atoms with Crippen LogP contribution in [0.5, 0.6) is 0 Å². The fourth-order valence-electron chi connectivity index (χ4n) is 4.06. The van der Waals surface area contributed by atoms with Crippen molar-refractivity contribution >= 4 is 5.91 Å². The fourth-order valence-corrected chi connectivity index (χ4v) is 4.06. The largest absolute Gasteiger partial charge is 0.416 e. The number of alkyl halides is 3. The fraction of sp³-hybridized carbons (Fsp3) is 0.400. The molecule has 1 aromatic carbocycles. The number of hydrogen-bond acceptors (Lipinski definition) is 3. The van der Waals surface area contributed by atoms with Crippen LogP contribution >= 0.6 is 0 Å². The molecule has 3 heterocycles. The summed E-state index contributed by atoms with van der Waals surface area (Å²) in [6.07, 6.45) is -0.309. The number of rotatable bonds is 2. The predicted octanol–water partition coefficient (Wildman–Crippen LogP) is 3.79. The molecule has 2 saturated heterocycles. The molecule has 0 saturated carbocycles. The van der Waals surface area contributed by atoms with Crippen molar-refractivity contribution in [3.05, 3.63) is 53.9 Å². The highest BCUT2D eigenvalue weighted by molar-refractivity contribution is 5.88. The average Bonchev–Trinajstić information content (AvgIpc) is 3.21. The number of amides is 1. The van der Waals surface area contributed by atoms with E-state index in [0.717, 1.165) is 49.2 Å². The van der Waals surface area contributed by atoms with Crippen molar-refractivity contribution in [3.63, 3.8) is 0 Å².